The first-order valence-electron chi connectivity index (χ1n) is 8.96. The molecule has 0 spiro atoms. The average Bonchev–Trinajstić information content (AvgIpc) is 3.13. The number of thiophene rings is 1. The normalized spacial score (nSPS) is 15.2. The van der Waals surface area contributed by atoms with Crippen LogP contribution in [0.5, 0.6) is 0 Å². The van der Waals surface area contributed by atoms with Crippen molar-refractivity contribution in [2.45, 2.75) is 0 Å². The predicted octanol–water partition coefficient (Wildman–Crippen LogP) is 3.63. The van der Waals surface area contributed by atoms with Gasteiger partial charge in [-0.25, -0.2) is 0 Å². The van der Waals surface area contributed by atoms with Crippen LogP contribution >= 0.6 is 11.3 Å². The number of nitrogens with zero attached hydrogens (tertiary/aromatic N) is 1. The summed E-state index contributed by atoms with van der Waals surface area (Å²) in [5, 5.41) is 6.44. The van der Waals surface area contributed by atoms with E-state index in [1.807, 2.05) is 18.2 Å². The number of carbonyl (C=O) groups is 1. The van der Waals surface area contributed by atoms with Crippen molar-refractivity contribution in [1.29, 1.82) is 0 Å². The van der Waals surface area contributed by atoms with Gasteiger partial charge in [0.1, 0.15) is 0 Å². The van der Waals surface area contributed by atoms with Gasteiger partial charge in [0.25, 0.3) is 5.91 Å². The first kappa shape index (κ1) is 17.2. The highest BCUT2D eigenvalue weighted by Crippen LogP contribution is 2.34. The predicted molar refractivity (Wildman–Crippen MR) is 107 cm³/mol. The molecule has 26 heavy (non-hydrogen) atoms. The van der Waals surface area contributed by atoms with Crippen LogP contribution in [-0.2, 0) is 4.74 Å². The Labute approximate surface area is 157 Å². The molecule has 2 aromatic carbocycles. The third-order valence-electron chi connectivity index (χ3n) is 4.73. The first-order chi connectivity index (χ1) is 12.8. The van der Waals surface area contributed by atoms with Gasteiger partial charge in [0.05, 0.1) is 13.2 Å². The summed E-state index contributed by atoms with van der Waals surface area (Å²) in [6, 6.07) is 16.3. The topological polar surface area (TPSA) is 41.6 Å². The van der Waals surface area contributed by atoms with Crippen molar-refractivity contribution in [3.05, 3.63) is 59.5 Å². The second kappa shape index (κ2) is 7.99. The van der Waals surface area contributed by atoms with Gasteiger partial charge in [-0.2, -0.15) is 0 Å². The molecule has 1 fully saturated rings. The molecule has 0 aliphatic carbocycles. The standard InChI is InChI=1S/C21H22N2O2S/c24-21(22-8-9-23-10-12-25-13-11-23)17-5-3-4-16(14-17)19-15-26-20-7-2-1-6-18(19)20/h1-7,14-15H,8-13H2,(H,22,24). The van der Waals surface area contributed by atoms with Crippen molar-refractivity contribution >= 4 is 27.3 Å². The number of ether oxygens (including phenoxy) is 1. The zero-order valence-electron chi connectivity index (χ0n) is 14.6. The van der Waals surface area contributed by atoms with Crippen LogP contribution in [0.1, 0.15) is 10.4 Å². The lowest BCUT2D eigenvalue weighted by molar-refractivity contribution is 0.0383. The van der Waals surface area contributed by atoms with Crippen LogP contribution in [0.3, 0.4) is 0 Å². The summed E-state index contributed by atoms with van der Waals surface area (Å²) in [6.07, 6.45) is 0. The number of rotatable bonds is 5. The summed E-state index contributed by atoms with van der Waals surface area (Å²) in [6.45, 7) is 4.97. The van der Waals surface area contributed by atoms with Gasteiger partial charge in [0.15, 0.2) is 0 Å². The molecule has 5 heteroatoms. The summed E-state index contributed by atoms with van der Waals surface area (Å²) in [5.74, 6) is -0.0142. The van der Waals surface area contributed by atoms with E-state index in [0.29, 0.717) is 12.1 Å². The maximum atomic E-state index is 12.5. The Balaban J connectivity index is 1.44. The first-order valence-corrected chi connectivity index (χ1v) is 9.84. The Kier molecular flexibility index (Phi) is 5.29. The van der Waals surface area contributed by atoms with Crippen molar-refractivity contribution in [3.63, 3.8) is 0 Å². The second-order valence-electron chi connectivity index (χ2n) is 6.44. The van der Waals surface area contributed by atoms with Gasteiger partial charge in [0.2, 0.25) is 0 Å². The van der Waals surface area contributed by atoms with E-state index in [1.165, 1.54) is 15.6 Å². The van der Waals surface area contributed by atoms with Crippen molar-refractivity contribution in [2.75, 3.05) is 39.4 Å². The summed E-state index contributed by atoms with van der Waals surface area (Å²) in [4.78, 5) is 14.8. The van der Waals surface area contributed by atoms with Crippen LogP contribution in [0.2, 0.25) is 0 Å². The highest BCUT2D eigenvalue weighted by molar-refractivity contribution is 7.17. The summed E-state index contributed by atoms with van der Waals surface area (Å²) in [7, 11) is 0. The molecule has 0 saturated carbocycles. The van der Waals surface area contributed by atoms with E-state index >= 15 is 0 Å². The van der Waals surface area contributed by atoms with Gasteiger partial charge in [-0.05, 0) is 29.1 Å². The van der Waals surface area contributed by atoms with E-state index in [1.54, 1.807) is 11.3 Å². The quantitative estimate of drug-likeness (QED) is 0.750. The molecule has 1 N–H and O–H groups in total. The average molecular weight is 366 g/mol. The molecule has 0 radical (unpaired) electrons. The molecule has 0 unspecified atom stereocenters. The van der Waals surface area contributed by atoms with E-state index in [9.17, 15) is 4.79 Å². The monoisotopic (exact) mass is 366 g/mol. The van der Waals surface area contributed by atoms with E-state index in [0.717, 1.165) is 38.4 Å². The molecule has 1 aliphatic heterocycles. The zero-order chi connectivity index (χ0) is 17.8. The highest BCUT2D eigenvalue weighted by atomic mass is 32.1. The lowest BCUT2D eigenvalue weighted by atomic mass is 10.0. The van der Waals surface area contributed by atoms with Crippen LogP contribution < -0.4 is 5.32 Å². The molecule has 0 atom stereocenters. The van der Waals surface area contributed by atoms with Gasteiger partial charge < -0.3 is 10.1 Å². The number of hydrogen-bond acceptors (Lipinski definition) is 4. The lowest BCUT2D eigenvalue weighted by Crippen LogP contribution is -2.41. The van der Waals surface area contributed by atoms with Gasteiger partial charge >= 0.3 is 0 Å². The number of fused-ring (bicyclic) bond motifs is 1. The summed E-state index contributed by atoms with van der Waals surface area (Å²) in [5.41, 5.74) is 2.98. The van der Waals surface area contributed by atoms with Crippen molar-refractivity contribution < 1.29 is 9.53 Å². The SMILES string of the molecule is O=C(NCCN1CCOCC1)c1cccc(-c2csc3ccccc23)c1. The van der Waals surface area contributed by atoms with Crippen molar-refractivity contribution in [2.24, 2.45) is 0 Å². The molecular weight excluding hydrogens is 344 g/mol. The molecule has 1 aromatic heterocycles. The molecule has 2 heterocycles. The molecule has 1 aliphatic rings. The van der Waals surface area contributed by atoms with Gasteiger partial charge in [0, 0.05) is 47.4 Å². The van der Waals surface area contributed by atoms with Crippen LogP contribution in [0.4, 0.5) is 0 Å². The smallest absolute Gasteiger partial charge is 0.251 e. The fourth-order valence-electron chi connectivity index (χ4n) is 3.28. The van der Waals surface area contributed by atoms with Crippen LogP contribution in [0.25, 0.3) is 21.2 Å². The lowest BCUT2D eigenvalue weighted by Gasteiger charge is -2.26. The largest absolute Gasteiger partial charge is 0.379 e. The number of amides is 1. The number of carbonyl (C=O) groups excluding carboxylic acids is 1. The molecule has 4 nitrogen and oxygen atoms in total. The Bertz CT molecular complexity index is 900. The Morgan fingerprint density at radius 1 is 1.12 bits per heavy atom. The maximum absolute atomic E-state index is 12.5. The minimum absolute atomic E-state index is 0.0142. The van der Waals surface area contributed by atoms with E-state index in [2.05, 4.69) is 45.9 Å². The number of morpholine rings is 1. The Morgan fingerprint density at radius 2 is 1.96 bits per heavy atom. The van der Waals surface area contributed by atoms with Crippen molar-refractivity contribution in [3.8, 4) is 11.1 Å². The van der Waals surface area contributed by atoms with Crippen LogP contribution in [0.15, 0.2) is 53.9 Å². The second-order valence-corrected chi connectivity index (χ2v) is 7.35. The van der Waals surface area contributed by atoms with Gasteiger partial charge in [-0.3, -0.25) is 9.69 Å². The molecular formula is C21H22N2O2S. The summed E-state index contributed by atoms with van der Waals surface area (Å²) < 4.78 is 6.61. The van der Waals surface area contributed by atoms with E-state index < -0.39 is 0 Å². The molecule has 3 aromatic rings. The molecule has 1 amide bonds. The number of benzene rings is 2. The molecule has 4 rings (SSSR count). The molecule has 134 valence electrons. The fourth-order valence-corrected chi connectivity index (χ4v) is 4.25. The Hall–Kier alpha value is -2.21. The number of hydrogen-bond donors (Lipinski definition) is 1. The third-order valence-corrected chi connectivity index (χ3v) is 5.70. The highest BCUT2D eigenvalue weighted by Gasteiger charge is 2.12. The molecule has 0 bridgehead atoms. The van der Waals surface area contributed by atoms with Crippen molar-refractivity contribution in [1.82, 2.24) is 10.2 Å². The van der Waals surface area contributed by atoms with Crippen LogP contribution in [-0.4, -0.2) is 50.2 Å². The third kappa shape index (κ3) is 3.80. The van der Waals surface area contributed by atoms with E-state index in [4.69, 9.17) is 4.74 Å². The van der Waals surface area contributed by atoms with E-state index in [-0.39, 0.29) is 5.91 Å². The summed E-state index contributed by atoms with van der Waals surface area (Å²) >= 11 is 1.74. The maximum Gasteiger partial charge on any atom is 0.251 e. The minimum atomic E-state index is -0.0142. The fraction of sp³-hybridized carbons (Fsp3) is 0.286. The molecule has 1 saturated heterocycles. The minimum Gasteiger partial charge on any atom is -0.379 e. The van der Waals surface area contributed by atoms with Crippen LogP contribution in [0, 0.1) is 0 Å². The van der Waals surface area contributed by atoms with Gasteiger partial charge in [-0.1, -0.05) is 30.3 Å². The number of nitrogens with one attached hydrogen (secondary N) is 1. The van der Waals surface area contributed by atoms with Gasteiger partial charge in [-0.15, -0.1) is 11.3 Å². The zero-order valence-corrected chi connectivity index (χ0v) is 15.4. The Morgan fingerprint density at radius 3 is 2.85 bits per heavy atom.